The van der Waals surface area contributed by atoms with Crippen LogP contribution in [0.25, 0.3) is 0 Å². The van der Waals surface area contributed by atoms with Crippen LogP contribution < -0.4 is 0 Å². The lowest BCUT2D eigenvalue weighted by molar-refractivity contribution is -0.0431. The molecule has 0 fully saturated rings. The number of halogens is 3. The summed E-state index contributed by atoms with van der Waals surface area (Å²) >= 11 is -3.24. The summed E-state index contributed by atoms with van der Waals surface area (Å²) in [6.45, 7) is 0. The molecule has 0 aromatic heterocycles. The zero-order valence-corrected chi connectivity index (χ0v) is 6.42. The molecule has 0 amide bonds. The van der Waals surface area contributed by atoms with Gasteiger partial charge in [-0.2, -0.15) is 13.2 Å². The first-order valence-corrected chi connectivity index (χ1v) is 4.91. The van der Waals surface area contributed by atoms with Crippen molar-refractivity contribution in [1.82, 2.24) is 0 Å². The van der Waals surface area contributed by atoms with Crippen molar-refractivity contribution in [3.63, 3.8) is 0 Å². The van der Waals surface area contributed by atoms with Gasteiger partial charge >= 0.3 is 5.51 Å². The van der Waals surface area contributed by atoms with E-state index in [-0.39, 0.29) is 0 Å². The normalized spacial score (nSPS) is 16.4. The fourth-order valence-corrected chi connectivity index (χ4v) is 1.74. The van der Waals surface area contributed by atoms with E-state index in [1.165, 1.54) is 0 Å². The number of rotatable bonds is 2. The van der Waals surface area contributed by atoms with Gasteiger partial charge in [0.15, 0.2) is 0 Å². The molecule has 68 valence electrons. The molecule has 1 atom stereocenters. The average Bonchev–Trinajstić information content (AvgIpc) is 1.56. The molecule has 0 N–H and O–H groups in total. The summed E-state index contributed by atoms with van der Waals surface area (Å²) in [5.74, 6) is 0. The van der Waals surface area contributed by atoms with Crippen LogP contribution in [0.1, 0.15) is 0 Å². The standard InChI is InChI=1S/C2H3F3O4S2/c3-2(4,5)11(8,9)1-10(6)7/h1H2,(H,6,7)/p-1. The Balaban J connectivity index is 4.64. The molecule has 0 bridgehead atoms. The zero-order valence-electron chi connectivity index (χ0n) is 4.79. The largest absolute Gasteiger partial charge is 0.772 e. The van der Waals surface area contributed by atoms with Gasteiger partial charge in [-0.25, -0.2) is 8.42 Å². The second kappa shape index (κ2) is 3.07. The molecule has 0 aliphatic heterocycles. The van der Waals surface area contributed by atoms with Crippen LogP contribution in [0.4, 0.5) is 13.2 Å². The summed E-state index contributed by atoms with van der Waals surface area (Å²) in [7, 11) is -5.51. The highest BCUT2D eigenvalue weighted by Gasteiger charge is 2.45. The van der Waals surface area contributed by atoms with Crippen molar-refractivity contribution in [3.8, 4) is 0 Å². The van der Waals surface area contributed by atoms with Gasteiger partial charge in [0.05, 0.1) is 0 Å². The molecule has 9 heteroatoms. The van der Waals surface area contributed by atoms with E-state index in [2.05, 4.69) is 0 Å². The van der Waals surface area contributed by atoms with Crippen molar-refractivity contribution in [2.24, 2.45) is 0 Å². The Bertz CT molecular complexity index is 251. The van der Waals surface area contributed by atoms with Crippen molar-refractivity contribution >= 4 is 20.9 Å². The van der Waals surface area contributed by atoms with Gasteiger partial charge in [0.25, 0.3) is 9.84 Å². The fraction of sp³-hybridized carbons (Fsp3) is 1.00. The second-order valence-electron chi connectivity index (χ2n) is 1.48. The molecule has 0 spiro atoms. The predicted molar refractivity (Wildman–Crippen MR) is 28.8 cm³/mol. The molecular formula is C2H2F3O4S2-. The third-order valence-electron chi connectivity index (χ3n) is 0.604. The number of hydrogen-bond acceptors (Lipinski definition) is 4. The number of hydrogen-bond donors (Lipinski definition) is 0. The molecule has 0 heterocycles. The van der Waals surface area contributed by atoms with Crippen LogP contribution >= 0.6 is 0 Å². The zero-order chi connectivity index (χ0) is 9.28. The molecular weight excluding hydrogens is 209 g/mol. The van der Waals surface area contributed by atoms with Gasteiger partial charge in [-0.05, 0) is 11.1 Å². The molecule has 0 aliphatic rings. The highest BCUT2D eigenvalue weighted by Crippen LogP contribution is 2.23. The van der Waals surface area contributed by atoms with E-state index in [1.807, 2.05) is 0 Å². The molecule has 0 saturated heterocycles. The van der Waals surface area contributed by atoms with Gasteiger partial charge in [-0.3, -0.25) is 4.21 Å². The van der Waals surface area contributed by atoms with Crippen LogP contribution in [0.5, 0.6) is 0 Å². The van der Waals surface area contributed by atoms with Crippen molar-refractivity contribution in [2.75, 3.05) is 5.08 Å². The van der Waals surface area contributed by atoms with Crippen LogP contribution in [0, 0.1) is 0 Å². The van der Waals surface area contributed by atoms with Gasteiger partial charge in [0.2, 0.25) is 0 Å². The summed E-state index contributed by atoms with van der Waals surface area (Å²) in [6, 6.07) is 0. The van der Waals surface area contributed by atoms with E-state index in [0.717, 1.165) is 0 Å². The van der Waals surface area contributed by atoms with Crippen LogP contribution in [-0.2, 0) is 20.9 Å². The van der Waals surface area contributed by atoms with Gasteiger partial charge in [-0.15, -0.1) is 0 Å². The van der Waals surface area contributed by atoms with Crippen LogP contribution in [0.3, 0.4) is 0 Å². The Morgan fingerprint density at radius 3 is 1.82 bits per heavy atom. The van der Waals surface area contributed by atoms with Crippen molar-refractivity contribution in [1.29, 1.82) is 0 Å². The Morgan fingerprint density at radius 1 is 1.36 bits per heavy atom. The van der Waals surface area contributed by atoms with E-state index in [1.54, 1.807) is 0 Å². The van der Waals surface area contributed by atoms with Gasteiger partial charge in [0, 0.05) is 0 Å². The smallest absolute Gasteiger partial charge is 0.498 e. The molecule has 1 unspecified atom stereocenters. The first-order chi connectivity index (χ1) is 4.67. The highest BCUT2D eigenvalue weighted by atomic mass is 32.3. The van der Waals surface area contributed by atoms with Crippen molar-refractivity contribution in [3.05, 3.63) is 0 Å². The maximum absolute atomic E-state index is 11.3. The topological polar surface area (TPSA) is 74.3 Å². The minimum absolute atomic E-state index is 1.92. The monoisotopic (exact) mass is 211 g/mol. The van der Waals surface area contributed by atoms with E-state index < -0.39 is 31.5 Å². The molecule has 0 aromatic rings. The summed E-state index contributed by atoms with van der Waals surface area (Å²) < 4.78 is 73.1. The lowest BCUT2D eigenvalue weighted by Crippen LogP contribution is -2.27. The maximum Gasteiger partial charge on any atom is 0.498 e. The van der Waals surface area contributed by atoms with E-state index in [0.29, 0.717) is 0 Å². The Kier molecular flexibility index (Phi) is 3.03. The van der Waals surface area contributed by atoms with E-state index in [4.69, 9.17) is 0 Å². The lowest BCUT2D eigenvalue weighted by Gasteiger charge is -2.08. The lowest BCUT2D eigenvalue weighted by atomic mass is 11.6. The molecule has 11 heavy (non-hydrogen) atoms. The fourth-order valence-electron chi connectivity index (χ4n) is 0.193. The first kappa shape index (κ1) is 10.8. The first-order valence-electron chi connectivity index (χ1n) is 2.02. The molecule has 0 aromatic carbocycles. The molecule has 0 radical (unpaired) electrons. The van der Waals surface area contributed by atoms with Gasteiger partial charge in [0.1, 0.15) is 5.08 Å². The molecule has 0 aliphatic carbocycles. The second-order valence-corrected chi connectivity index (χ2v) is 4.72. The number of sulfone groups is 1. The molecule has 4 nitrogen and oxygen atoms in total. The van der Waals surface area contributed by atoms with E-state index in [9.17, 15) is 30.4 Å². The SMILES string of the molecule is O=S([O-])CS(=O)(=O)C(F)(F)F. The number of alkyl halides is 3. The van der Waals surface area contributed by atoms with Crippen LogP contribution in [0.2, 0.25) is 0 Å². The predicted octanol–water partition coefficient (Wildman–Crippen LogP) is -0.242. The third kappa shape index (κ3) is 3.16. The minimum Gasteiger partial charge on any atom is -0.772 e. The summed E-state index contributed by atoms with van der Waals surface area (Å²) in [4.78, 5) is 0. The molecule has 0 rings (SSSR count). The summed E-state index contributed by atoms with van der Waals surface area (Å²) in [5, 5.41) is -1.92. The van der Waals surface area contributed by atoms with Crippen molar-refractivity contribution in [2.45, 2.75) is 5.51 Å². The Hall–Kier alpha value is -0.150. The van der Waals surface area contributed by atoms with Gasteiger partial charge in [-0.1, -0.05) is 0 Å². The minimum atomic E-state index is -5.51. The maximum atomic E-state index is 11.3. The average molecular weight is 211 g/mol. The summed E-state index contributed by atoms with van der Waals surface area (Å²) in [6.07, 6.45) is 0. The van der Waals surface area contributed by atoms with Crippen LogP contribution in [0.15, 0.2) is 0 Å². The Labute approximate surface area is 62.6 Å². The van der Waals surface area contributed by atoms with Crippen LogP contribution in [-0.4, -0.2) is 27.8 Å². The van der Waals surface area contributed by atoms with Gasteiger partial charge < -0.3 is 4.55 Å². The quantitative estimate of drug-likeness (QED) is 0.590. The van der Waals surface area contributed by atoms with E-state index >= 15 is 0 Å². The Morgan fingerprint density at radius 2 is 1.73 bits per heavy atom. The van der Waals surface area contributed by atoms with Crippen molar-refractivity contribution < 1.29 is 30.4 Å². The summed E-state index contributed by atoms with van der Waals surface area (Å²) in [5.41, 5.74) is -5.49. The highest BCUT2D eigenvalue weighted by molar-refractivity contribution is 8.03. The molecule has 0 saturated carbocycles. The third-order valence-corrected chi connectivity index (χ3v) is 3.32.